The second-order valence-corrected chi connectivity index (χ2v) is 2.39. The lowest BCUT2D eigenvalue weighted by Gasteiger charge is -2.22. The van der Waals surface area contributed by atoms with Crippen molar-refractivity contribution < 1.29 is 14.6 Å². The third kappa shape index (κ3) is 3.78. The molecule has 2 atom stereocenters. The average Bonchev–Trinajstić information content (AvgIpc) is 1.88. The number of carbonyl (C=O) groups excluding carboxylic acids is 1. The van der Waals surface area contributed by atoms with Crippen LogP contribution >= 0.6 is 0 Å². The molecule has 1 heterocycles. The summed E-state index contributed by atoms with van der Waals surface area (Å²) in [5.74, 6) is -0.291. The van der Waals surface area contributed by atoms with E-state index in [9.17, 15) is 4.79 Å². The Kier molecular flexibility index (Phi) is 4.54. The highest BCUT2D eigenvalue weighted by Crippen LogP contribution is 2.13. The van der Waals surface area contributed by atoms with E-state index in [1.165, 1.54) is 0 Å². The van der Waals surface area contributed by atoms with Crippen molar-refractivity contribution in [3.63, 3.8) is 0 Å². The van der Waals surface area contributed by atoms with E-state index in [2.05, 4.69) is 13.2 Å². The van der Waals surface area contributed by atoms with Crippen molar-refractivity contribution >= 4 is 5.97 Å². The van der Waals surface area contributed by atoms with Crippen LogP contribution in [0.4, 0.5) is 0 Å². The molecule has 64 valence electrons. The first-order valence-corrected chi connectivity index (χ1v) is 3.56. The van der Waals surface area contributed by atoms with Gasteiger partial charge in [0.25, 0.3) is 0 Å². The fourth-order valence-corrected chi connectivity index (χ4v) is 0.979. The molecule has 0 aromatic heterocycles. The lowest BCUT2D eigenvalue weighted by Crippen LogP contribution is -2.30. The molecule has 1 fully saturated rings. The highest BCUT2D eigenvalue weighted by molar-refractivity contribution is 5.70. The van der Waals surface area contributed by atoms with Crippen LogP contribution in [0.25, 0.3) is 0 Å². The molecule has 1 saturated heterocycles. The summed E-state index contributed by atoms with van der Waals surface area (Å²) in [6.07, 6.45) is 0.137. The monoisotopic (exact) mass is 158 g/mol. The maximum atomic E-state index is 10.5. The molecule has 0 bridgehead atoms. The molecule has 1 N–H and O–H groups in total. The van der Waals surface area contributed by atoms with Crippen LogP contribution in [0, 0.1) is 0 Å². The Morgan fingerprint density at radius 3 is 2.55 bits per heavy atom. The van der Waals surface area contributed by atoms with Crippen LogP contribution in [0.2, 0.25) is 0 Å². The van der Waals surface area contributed by atoms with E-state index < -0.39 is 6.10 Å². The van der Waals surface area contributed by atoms with Crippen molar-refractivity contribution in [2.24, 2.45) is 0 Å². The van der Waals surface area contributed by atoms with Gasteiger partial charge < -0.3 is 9.84 Å². The van der Waals surface area contributed by atoms with Crippen molar-refractivity contribution in [2.45, 2.75) is 32.0 Å². The smallest absolute Gasteiger partial charge is 0.308 e. The molecule has 0 spiro atoms. The van der Waals surface area contributed by atoms with Gasteiger partial charge in [-0.3, -0.25) is 4.79 Å². The summed E-state index contributed by atoms with van der Waals surface area (Å²) in [6, 6.07) is 0. The molecule has 11 heavy (non-hydrogen) atoms. The number of rotatable bonds is 0. The molecule has 0 saturated carbocycles. The summed E-state index contributed by atoms with van der Waals surface area (Å²) >= 11 is 0. The third-order valence-electron chi connectivity index (χ3n) is 1.34. The van der Waals surface area contributed by atoms with Crippen molar-refractivity contribution in [2.75, 3.05) is 0 Å². The predicted octanol–water partition coefficient (Wildman–Crippen LogP) is 0.875. The second-order valence-electron chi connectivity index (χ2n) is 2.39. The van der Waals surface area contributed by atoms with E-state index in [4.69, 9.17) is 9.84 Å². The summed E-state index contributed by atoms with van der Waals surface area (Å²) in [7, 11) is 0. The Bertz CT molecular complexity index is 121. The maximum absolute atomic E-state index is 10.5. The van der Waals surface area contributed by atoms with Crippen LogP contribution in [0.15, 0.2) is 13.2 Å². The first-order valence-electron chi connectivity index (χ1n) is 3.56. The standard InChI is InChI=1S/C6H10O3.C2H4/c1-4-2-5(7)3-6(8)9-4;1-2/h4-5,7H,2-3H2,1H3;1-2H2/t4-,5?;/m1./s1. The van der Waals surface area contributed by atoms with Crippen molar-refractivity contribution in [3.8, 4) is 0 Å². The van der Waals surface area contributed by atoms with E-state index in [0.717, 1.165) is 0 Å². The van der Waals surface area contributed by atoms with E-state index >= 15 is 0 Å². The Labute approximate surface area is 66.7 Å². The third-order valence-corrected chi connectivity index (χ3v) is 1.34. The lowest BCUT2D eigenvalue weighted by atomic mass is 10.1. The predicted molar refractivity (Wildman–Crippen MR) is 42.0 cm³/mol. The van der Waals surface area contributed by atoms with Crippen LogP contribution in [0.1, 0.15) is 19.8 Å². The van der Waals surface area contributed by atoms with E-state index in [1.54, 1.807) is 6.92 Å². The van der Waals surface area contributed by atoms with Crippen LogP contribution in [0.5, 0.6) is 0 Å². The number of hydrogen-bond acceptors (Lipinski definition) is 3. The number of cyclic esters (lactones) is 1. The van der Waals surface area contributed by atoms with Gasteiger partial charge in [0.05, 0.1) is 12.5 Å². The molecule has 0 aromatic carbocycles. The summed E-state index contributed by atoms with van der Waals surface area (Å²) in [5.41, 5.74) is 0. The summed E-state index contributed by atoms with van der Waals surface area (Å²) in [6.45, 7) is 7.78. The molecule has 0 aliphatic carbocycles. The molecule has 3 nitrogen and oxygen atoms in total. The molecule has 1 rings (SSSR count). The van der Waals surface area contributed by atoms with Crippen molar-refractivity contribution in [1.29, 1.82) is 0 Å². The Morgan fingerprint density at radius 1 is 1.64 bits per heavy atom. The van der Waals surface area contributed by atoms with Gasteiger partial charge in [0.15, 0.2) is 0 Å². The molecule has 0 radical (unpaired) electrons. The number of esters is 1. The maximum Gasteiger partial charge on any atom is 0.308 e. The molecule has 0 amide bonds. The highest BCUT2D eigenvalue weighted by atomic mass is 16.5. The minimum Gasteiger partial charge on any atom is -0.462 e. The quantitative estimate of drug-likeness (QED) is 0.420. The summed E-state index contributed by atoms with van der Waals surface area (Å²) in [4.78, 5) is 10.5. The minimum absolute atomic E-state index is 0.110. The van der Waals surface area contributed by atoms with Gasteiger partial charge in [-0.1, -0.05) is 0 Å². The number of carbonyl (C=O) groups is 1. The van der Waals surface area contributed by atoms with Crippen LogP contribution in [0.3, 0.4) is 0 Å². The molecular weight excluding hydrogens is 144 g/mol. The van der Waals surface area contributed by atoms with E-state index in [0.29, 0.717) is 6.42 Å². The largest absolute Gasteiger partial charge is 0.462 e. The van der Waals surface area contributed by atoms with Crippen LogP contribution in [-0.4, -0.2) is 23.3 Å². The number of aliphatic hydroxyl groups is 1. The van der Waals surface area contributed by atoms with Gasteiger partial charge in [0.1, 0.15) is 6.10 Å². The fourth-order valence-electron chi connectivity index (χ4n) is 0.979. The number of hydrogen-bond donors (Lipinski definition) is 1. The SMILES string of the molecule is C=C.C[C@@H]1CC(O)CC(=O)O1. The lowest BCUT2D eigenvalue weighted by molar-refractivity contribution is -0.158. The van der Waals surface area contributed by atoms with Gasteiger partial charge in [0, 0.05) is 6.42 Å². The zero-order chi connectivity index (χ0) is 8.85. The molecule has 1 unspecified atom stereocenters. The fraction of sp³-hybridized carbons (Fsp3) is 0.625. The van der Waals surface area contributed by atoms with Crippen LogP contribution in [-0.2, 0) is 9.53 Å². The molecule has 0 aromatic rings. The van der Waals surface area contributed by atoms with Gasteiger partial charge in [-0.25, -0.2) is 0 Å². The number of aliphatic hydroxyl groups excluding tert-OH is 1. The van der Waals surface area contributed by atoms with Gasteiger partial charge >= 0.3 is 5.97 Å². The first kappa shape index (κ1) is 10.2. The summed E-state index contributed by atoms with van der Waals surface area (Å²) < 4.78 is 4.76. The average molecular weight is 158 g/mol. The Hall–Kier alpha value is -0.830. The van der Waals surface area contributed by atoms with Gasteiger partial charge in [-0.2, -0.15) is 0 Å². The first-order chi connectivity index (χ1) is 5.18. The molecule has 1 aliphatic rings. The van der Waals surface area contributed by atoms with Crippen molar-refractivity contribution in [3.05, 3.63) is 13.2 Å². The molecular formula is C8H14O3. The Morgan fingerprint density at radius 2 is 2.18 bits per heavy atom. The molecule has 1 aliphatic heterocycles. The minimum atomic E-state index is -0.485. The van der Waals surface area contributed by atoms with Crippen LogP contribution < -0.4 is 0 Å². The van der Waals surface area contributed by atoms with E-state index in [1.807, 2.05) is 0 Å². The van der Waals surface area contributed by atoms with Gasteiger partial charge in [0.2, 0.25) is 0 Å². The number of ether oxygens (including phenoxy) is 1. The van der Waals surface area contributed by atoms with Gasteiger partial charge in [-0.05, 0) is 6.92 Å². The van der Waals surface area contributed by atoms with E-state index in [-0.39, 0.29) is 18.5 Å². The second kappa shape index (κ2) is 4.91. The Balaban J connectivity index is 0.000000461. The topological polar surface area (TPSA) is 46.5 Å². The zero-order valence-electron chi connectivity index (χ0n) is 6.75. The zero-order valence-corrected chi connectivity index (χ0v) is 6.75. The molecule has 3 heteroatoms. The summed E-state index contributed by atoms with van der Waals surface area (Å²) in [5, 5.41) is 8.95. The van der Waals surface area contributed by atoms with Crippen molar-refractivity contribution in [1.82, 2.24) is 0 Å². The van der Waals surface area contributed by atoms with Gasteiger partial charge in [-0.15, -0.1) is 13.2 Å². The highest BCUT2D eigenvalue weighted by Gasteiger charge is 2.23. The normalized spacial score (nSPS) is 29.8.